The van der Waals surface area contributed by atoms with Gasteiger partial charge in [0.2, 0.25) is 0 Å². The summed E-state index contributed by atoms with van der Waals surface area (Å²) in [5, 5.41) is 8.95. The highest BCUT2D eigenvalue weighted by Crippen LogP contribution is 2.12. The van der Waals surface area contributed by atoms with Gasteiger partial charge in [-0.1, -0.05) is 78.1 Å². The standard InChI is InChI=1S/C24H47O5/c1-4-6-8-10-12-14-18-27-24(28-19-15-13-11-9-7-5-2)17-16-23(26)29-21-22(3)20-25/h22,24-25H,3-21H2,1-2H3. The number of unbranched alkanes of at least 4 members (excludes halogenated alkanes) is 10. The summed E-state index contributed by atoms with van der Waals surface area (Å²) >= 11 is 0. The maximum Gasteiger partial charge on any atom is 0.305 e. The molecule has 29 heavy (non-hydrogen) atoms. The normalized spacial score (nSPS) is 12.4. The average molecular weight is 416 g/mol. The minimum atomic E-state index is -0.345. The van der Waals surface area contributed by atoms with Crippen LogP contribution >= 0.6 is 0 Å². The summed E-state index contributed by atoms with van der Waals surface area (Å²) in [5.74, 6) is -0.564. The molecule has 0 aliphatic carbocycles. The minimum Gasteiger partial charge on any atom is -0.465 e. The lowest BCUT2D eigenvalue weighted by molar-refractivity contribution is -0.160. The van der Waals surface area contributed by atoms with Crippen LogP contribution in [0, 0.1) is 12.8 Å². The number of hydrogen-bond acceptors (Lipinski definition) is 5. The van der Waals surface area contributed by atoms with Gasteiger partial charge in [0.25, 0.3) is 0 Å². The van der Waals surface area contributed by atoms with Crippen molar-refractivity contribution in [2.75, 3.05) is 26.4 Å². The van der Waals surface area contributed by atoms with E-state index in [1.807, 2.05) is 0 Å². The van der Waals surface area contributed by atoms with E-state index in [0.29, 0.717) is 19.6 Å². The molecule has 0 spiro atoms. The van der Waals surface area contributed by atoms with Crippen molar-refractivity contribution >= 4 is 5.97 Å². The lowest BCUT2D eigenvalue weighted by Gasteiger charge is -2.19. The molecule has 0 amide bonds. The summed E-state index contributed by atoms with van der Waals surface area (Å²) in [4.78, 5) is 11.9. The van der Waals surface area contributed by atoms with E-state index >= 15 is 0 Å². The van der Waals surface area contributed by atoms with Gasteiger partial charge in [-0.3, -0.25) is 4.79 Å². The first-order valence-electron chi connectivity index (χ1n) is 12.0. The summed E-state index contributed by atoms with van der Waals surface area (Å²) < 4.78 is 17.0. The third kappa shape index (κ3) is 20.4. The Balaban J connectivity index is 4.04. The molecule has 1 unspecified atom stereocenters. The Bertz CT molecular complexity index is 330. The molecule has 1 N–H and O–H groups in total. The predicted octanol–water partition coefficient (Wildman–Crippen LogP) is 5.83. The van der Waals surface area contributed by atoms with Crippen LogP contribution in [0.3, 0.4) is 0 Å². The molecule has 173 valence electrons. The average Bonchev–Trinajstić information content (AvgIpc) is 2.73. The fourth-order valence-electron chi connectivity index (χ4n) is 2.98. The number of rotatable bonds is 22. The van der Waals surface area contributed by atoms with Gasteiger partial charge in [-0.2, -0.15) is 0 Å². The number of ether oxygens (including phenoxy) is 3. The van der Waals surface area contributed by atoms with Gasteiger partial charge < -0.3 is 19.3 Å². The minimum absolute atomic E-state index is 0.0847. The number of aliphatic hydroxyl groups is 1. The highest BCUT2D eigenvalue weighted by Gasteiger charge is 2.14. The van der Waals surface area contributed by atoms with Crippen LogP contribution in [0.4, 0.5) is 0 Å². The maximum absolute atomic E-state index is 11.9. The van der Waals surface area contributed by atoms with Crippen molar-refractivity contribution in [2.45, 2.75) is 110 Å². The van der Waals surface area contributed by atoms with Crippen molar-refractivity contribution in [3.05, 3.63) is 6.92 Å². The van der Waals surface area contributed by atoms with Gasteiger partial charge in [-0.05, 0) is 19.8 Å². The summed E-state index contributed by atoms with van der Waals surface area (Å²) in [6.07, 6.45) is 15.1. The second-order valence-electron chi connectivity index (χ2n) is 7.98. The molecule has 0 aromatic carbocycles. The van der Waals surface area contributed by atoms with E-state index in [1.165, 1.54) is 64.2 Å². The lowest BCUT2D eigenvalue weighted by Crippen LogP contribution is -2.21. The van der Waals surface area contributed by atoms with E-state index < -0.39 is 0 Å². The molecule has 0 saturated carbocycles. The third-order valence-corrected chi connectivity index (χ3v) is 4.93. The number of carbonyl (C=O) groups is 1. The predicted molar refractivity (Wildman–Crippen MR) is 119 cm³/mol. The highest BCUT2D eigenvalue weighted by atomic mass is 16.7. The molecule has 1 radical (unpaired) electrons. The Morgan fingerprint density at radius 1 is 0.828 bits per heavy atom. The largest absolute Gasteiger partial charge is 0.465 e. The molecule has 5 nitrogen and oxygen atoms in total. The van der Waals surface area contributed by atoms with Gasteiger partial charge in [0.15, 0.2) is 6.29 Å². The van der Waals surface area contributed by atoms with Crippen molar-refractivity contribution in [2.24, 2.45) is 5.92 Å². The second kappa shape index (κ2) is 22.0. The van der Waals surface area contributed by atoms with Crippen LogP contribution in [0.15, 0.2) is 0 Å². The number of aliphatic hydroxyl groups excluding tert-OH is 1. The zero-order chi connectivity index (χ0) is 21.6. The molecule has 0 rings (SSSR count). The van der Waals surface area contributed by atoms with E-state index in [2.05, 4.69) is 20.8 Å². The fraction of sp³-hybridized carbons (Fsp3) is 0.917. The van der Waals surface area contributed by atoms with Gasteiger partial charge in [-0.15, -0.1) is 0 Å². The first kappa shape index (κ1) is 28.4. The van der Waals surface area contributed by atoms with E-state index in [0.717, 1.165) is 12.8 Å². The molecular weight excluding hydrogens is 368 g/mol. The molecule has 5 heteroatoms. The zero-order valence-electron chi connectivity index (χ0n) is 19.2. The lowest BCUT2D eigenvalue weighted by atomic mass is 10.1. The molecule has 0 fully saturated rings. The Morgan fingerprint density at radius 3 is 1.79 bits per heavy atom. The van der Waals surface area contributed by atoms with Crippen LogP contribution in [0.2, 0.25) is 0 Å². The Hall–Kier alpha value is -0.650. The molecule has 0 aliphatic rings. The van der Waals surface area contributed by atoms with Crippen LogP contribution in [0.5, 0.6) is 0 Å². The monoisotopic (exact) mass is 415 g/mol. The topological polar surface area (TPSA) is 65.0 Å². The number of esters is 1. The maximum atomic E-state index is 11.9. The van der Waals surface area contributed by atoms with Crippen LogP contribution in [0.1, 0.15) is 104 Å². The van der Waals surface area contributed by atoms with Gasteiger partial charge in [0.1, 0.15) is 0 Å². The SMILES string of the molecule is [CH2]C(CO)COC(=O)CCC(OCCCCCCCC)OCCCCCCCC. The molecular formula is C24H47O5. The fourth-order valence-corrected chi connectivity index (χ4v) is 2.98. The highest BCUT2D eigenvalue weighted by molar-refractivity contribution is 5.69. The summed E-state index contributed by atoms with van der Waals surface area (Å²) in [6.45, 7) is 9.56. The van der Waals surface area contributed by atoms with Gasteiger partial charge in [0.05, 0.1) is 13.0 Å². The van der Waals surface area contributed by atoms with Crippen molar-refractivity contribution in [1.82, 2.24) is 0 Å². The van der Waals surface area contributed by atoms with Crippen LogP contribution in [-0.2, 0) is 19.0 Å². The van der Waals surface area contributed by atoms with Crippen molar-refractivity contribution < 1.29 is 24.1 Å². The first-order valence-corrected chi connectivity index (χ1v) is 12.0. The molecule has 0 aromatic rings. The third-order valence-electron chi connectivity index (χ3n) is 4.93. The van der Waals surface area contributed by atoms with E-state index in [9.17, 15) is 4.79 Å². The number of hydrogen-bond donors (Lipinski definition) is 1. The Kier molecular flexibility index (Phi) is 21.6. The van der Waals surface area contributed by atoms with E-state index in [-0.39, 0.29) is 37.8 Å². The van der Waals surface area contributed by atoms with Crippen molar-refractivity contribution in [3.63, 3.8) is 0 Å². The van der Waals surface area contributed by atoms with Crippen LogP contribution in [-0.4, -0.2) is 43.8 Å². The van der Waals surface area contributed by atoms with Gasteiger partial charge in [0, 0.05) is 32.2 Å². The van der Waals surface area contributed by atoms with Crippen LogP contribution in [0.25, 0.3) is 0 Å². The molecule has 0 heterocycles. The molecule has 0 aliphatic heterocycles. The van der Waals surface area contributed by atoms with Gasteiger partial charge in [-0.25, -0.2) is 0 Å². The Morgan fingerprint density at radius 2 is 1.31 bits per heavy atom. The molecule has 0 bridgehead atoms. The quantitative estimate of drug-likeness (QED) is 0.137. The van der Waals surface area contributed by atoms with E-state index in [4.69, 9.17) is 19.3 Å². The summed E-state index contributed by atoms with van der Waals surface area (Å²) in [7, 11) is 0. The zero-order valence-corrected chi connectivity index (χ0v) is 19.2. The molecule has 0 saturated heterocycles. The van der Waals surface area contributed by atoms with E-state index in [1.54, 1.807) is 0 Å². The molecule has 0 aromatic heterocycles. The second-order valence-corrected chi connectivity index (χ2v) is 7.98. The van der Waals surface area contributed by atoms with Crippen molar-refractivity contribution in [3.8, 4) is 0 Å². The summed E-state index contributed by atoms with van der Waals surface area (Å²) in [5.41, 5.74) is 0. The summed E-state index contributed by atoms with van der Waals surface area (Å²) in [6, 6.07) is 0. The smallest absolute Gasteiger partial charge is 0.305 e. The van der Waals surface area contributed by atoms with Crippen molar-refractivity contribution in [1.29, 1.82) is 0 Å². The number of carbonyl (C=O) groups excluding carboxylic acids is 1. The Labute approximate surface area is 179 Å². The van der Waals surface area contributed by atoms with Gasteiger partial charge >= 0.3 is 5.97 Å². The van der Waals surface area contributed by atoms with Crippen LogP contribution < -0.4 is 0 Å². The molecule has 1 atom stereocenters. The first-order chi connectivity index (χ1) is 14.1.